The van der Waals surface area contributed by atoms with Crippen LogP contribution in [0.3, 0.4) is 0 Å². The highest BCUT2D eigenvalue weighted by atomic mass is 32.2. The summed E-state index contributed by atoms with van der Waals surface area (Å²) in [5, 5.41) is 25.0. The zero-order valence-electron chi connectivity index (χ0n) is 25.7. The molecule has 3 heterocycles. The van der Waals surface area contributed by atoms with Crippen LogP contribution in [0.4, 0.5) is 5.82 Å². The van der Waals surface area contributed by atoms with Crippen molar-refractivity contribution in [1.29, 1.82) is 0 Å². The fourth-order valence-corrected chi connectivity index (χ4v) is 6.95. The number of carbonyl (C=O) groups excluding carboxylic acids is 2. The maximum Gasteiger partial charge on any atom is 0.474 e. The van der Waals surface area contributed by atoms with E-state index in [2.05, 4.69) is 15.3 Å². The van der Waals surface area contributed by atoms with Crippen LogP contribution < -0.4 is 5.32 Å². The second kappa shape index (κ2) is 14.3. The summed E-state index contributed by atoms with van der Waals surface area (Å²) in [6.45, 7) is 11.5. The van der Waals surface area contributed by atoms with E-state index in [0.717, 1.165) is 23.5 Å². The molecule has 13 nitrogen and oxygen atoms in total. The molecule has 1 saturated heterocycles. The van der Waals surface area contributed by atoms with Gasteiger partial charge in [-0.15, -0.1) is 0 Å². The van der Waals surface area contributed by atoms with Gasteiger partial charge in [0.25, 0.3) is 0 Å². The van der Waals surface area contributed by atoms with Gasteiger partial charge in [-0.05, 0) is 6.92 Å². The number of hydrogen-bond acceptors (Lipinski definition) is 15. The van der Waals surface area contributed by atoms with E-state index in [9.17, 15) is 24.4 Å². The topological polar surface area (TPSA) is 180 Å². The number of aromatic nitrogens is 2. The summed E-state index contributed by atoms with van der Waals surface area (Å²) >= 11 is 2.08. The molecule has 2 aromatic heterocycles. The first kappa shape index (κ1) is 35.9. The average molecular weight is 664 g/mol. The summed E-state index contributed by atoms with van der Waals surface area (Å²) in [7, 11) is -2.57. The molecule has 0 saturated carbocycles. The van der Waals surface area contributed by atoms with Gasteiger partial charge in [-0.1, -0.05) is 65.1 Å². The number of aliphatic hydroxyl groups is 2. The first-order chi connectivity index (χ1) is 19.9. The van der Waals surface area contributed by atoms with E-state index in [4.69, 9.17) is 22.7 Å². The molecule has 0 spiro atoms. The quantitative estimate of drug-likeness (QED) is 0.200. The first-order valence-corrected chi connectivity index (χ1v) is 17.2. The number of ether oxygens (including phenoxy) is 1. The van der Waals surface area contributed by atoms with Gasteiger partial charge in [-0.2, -0.15) is 0 Å². The molecule has 1 aliphatic rings. The lowest BCUT2D eigenvalue weighted by molar-refractivity contribution is -0.118. The van der Waals surface area contributed by atoms with Crippen LogP contribution in [0.5, 0.6) is 0 Å². The fourth-order valence-electron chi connectivity index (χ4n) is 3.95. The normalized spacial score (nSPS) is 23.2. The number of anilines is 1. The van der Waals surface area contributed by atoms with Crippen molar-refractivity contribution < 1.29 is 47.1 Å². The number of furan rings is 1. The Morgan fingerprint density at radius 2 is 1.60 bits per heavy atom. The lowest BCUT2D eigenvalue weighted by Crippen LogP contribution is -2.43. The van der Waals surface area contributed by atoms with Gasteiger partial charge >= 0.3 is 7.82 Å². The fraction of sp³-hybridized carbons (Fsp3) is 0.704. The second-order valence-electron chi connectivity index (χ2n) is 12.2. The third-order valence-corrected chi connectivity index (χ3v) is 10.4. The third kappa shape index (κ3) is 9.01. The smallest absolute Gasteiger partial charge is 0.458 e. The summed E-state index contributed by atoms with van der Waals surface area (Å²) in [6, 6.07) is 0. The van der Waals surface area contributed by atoms with Gasteiger partial charge in [-0.25, -0.2) is 14.5 Å². The molecule has 1 fully saturated rings. The molecule has 3 rings (SSSR count). The Bertz CT molecular complexity index is 1290. The molecule has 0 aromatic carbocycles. The zero-order chi connectivity index (χ0) is 32.2. The molecule has 1 aliphatic heterocycles. The number of rotatable bonds is 13. The van der Waals surface area contributed by atoms with Crippen molar-refractivity contribution in [2.24, 2.45) is 10.8 Å². The van der Waals surface area contributed by atoms with Crippen molar-refractivity contribution in [2.45, 2.75) is 72.4 Å². The largest absolute Gasteiger partial charge is 0.474 e. The number of fused-ring (bicyclic) bond motifs is 1. The van der Waals surface area contributed by atoms with Gasteiger partial charge in [0.15, 0.2) is 21.6 Å². The van der Waals surface area contributed by atoms with Gasteiger partial charge in [0.1, 0.15) is 35.8 Å². The van der Waals surface area contributed by atoms with Gasteiger partial charge in [-0.3, -0.25) is 23.2 Å². The second-order valence-corrected chi connectivity index (χ2v) is 16.1. The van der Waals surface area contributed by atoms with Gasteiger partial charge in [0.2, 0.25) is 0 Å². The van der Waals surface area contributed by atoms with E-state index < -0.39 is 49.2 Å². The molecular formula is C27H42N3O10PS2. The predicted octanol–water partition coefficient (Wildman–Crippen LogP) is 4.59. The first-order valence-electron chi connectivity index (χ1n) is 13.7. The van der Waals surface area contributed by atoms with E-state index >= 15 is 0 Å². The predicted molar refractivity (Wildman–Crippen MR) is 165 cm³/mol. The minimum absolute atomic E-state index is 0.0560. The Labute approximate surface area is 260 Å². The molecule has 0 amide bonds. The third-order valence-electron chi connectivity index (χ3n) is 6.45. The van der Waals surface area contributed by atoms with Gasteiger partial charge in [0, 0.05) is 34.9 Å². The van der Waals surface area contributed by atoms with Crippen LogP contribution in [0.15, 0.2) is 17.0 Å². The lowest BCUT2D eigenvalue weighted by Gasteiger charge is -2.26. The molecule has 3 N–H and O–H groups in total. The Morgan fingerprint density at radius 1 is 1.05 bits per heavy atom. The van der Waals surface area contributed by atoms with Crippen molar-refractivity contribution in [3.05, 3.63) is 18.2 Å². The maximum atomic E-state index is 13.6. The van der Waals surface area contributed by atoms with Gasteiger partial charge in [0.05, 0.1) is 26.1 Å². The van der Waals surface area contributed by atoms with Crippen LogP contribution in [0.25, 0.3) is 11.1 Å². The molecule has 0 bridgehead atoms. The van der Waals surface area contributed by atoms with Crippen molar-refractivity contribution in [3.63, 3.8) is 0 Å². The lowest BCUT2D eigenvalue weighted by atomic mass is 9.89. The molecule has 16 heteroatoms. The van der Waals surface area contributed by atoms with Crippen LogP contribution in [0, 0.1) is 10.8 Å². The minimum Gasteiger partial charge on any atom is -0.458 e. The van der Waals surface area contributed by atoms with Crippen LogP contribution in [0.2, 0.25) is 0 Å². The minimum atomic E-state index is -4.24. The highest BCUT2D eigenvalue weighted by Gasteiger charge is 2.54. The number of hydrogen-bond donors (Lipinski definition) is 3. The number of phosphoric ester groups is 1. The monoisotopic (exact) mass is 663 g/mol. The highest BCUT2D eigenvalue weighted by molar-refractivity contribution is 8.14. The van der Waals surface area contributed by atoms with Crippen molar-refractivity contribution in [2.75, 3.05) is 43.7 Å². The molecule has 2 aromatic rings. The summed E-state index contributed by atoms with van der Waals surface area (Å²) in [5.41, 5.74) is -1.77. The maximum absolute atomic E-state index is 13.6. The number of thioether (sulfide) groups is 2. The summed E-state index contributed by atoms with van der Waals surface area (Å²) in [5.74, 6) is 0.843. The summed E-state index contributed by atoms with van der Waals surface area (Å²) in [6.07, 6.45) is -0.956. The summed E-state index contributed by atoms with van der Waals surface area (Å²) in [4.78, 5) is 32.8. The van der Waals surface area contributed by atoms with Crippen molar-refractivity contribution in [1.82, 2.24) is 9.97 Å². The van der Waals surface area contributed by atoms with Crippen LogP contribution in [-0.2, 0) is 32.5 Å². The van der Waals surface area contributed by atoms with Crippen molar-refractivity contribution >= 4 is 58.5 Å². The molecule has 0 aliphatic carbocycles. The molecule has 242 valence electrons. The van der Waals surface area contributed by atoms with E-state index in [1.807, 2.05) is 0 Å². The highest BCUT2D eigenvalue weighted by Crippen LogP contribution is 2.51. The average Bonchev–Trinajstić information content (AvgIpc) is 3.44. The molecule has 0 radical (unpaired) electrons. The van der Waals surface area contributed by atoms with Gasteiger partial charge < -0.3 is 24.7 Å². The standard InChI is InChI=1S/C27H42N3O10PS2/c1-25(2,3)23(32)42-11-9-37-41(35,38-10-12-43-24(33)26(4,5)6)39-14-17-20(31)27(7,34)21(40-17)16-13-36-19-18(16)29-15-30-22(19)28-8/h13,15,17,20-21,31,34H,9-12,14H2,1-8H3,(H,28,29,30)/t17-,20-,21+,27-/m1/s1. The van der Waals surface area contributed by atoms with E-state index in [1.165, 1.54) is 19.5 Å². The molecule has 4 atom stereocenters. The molecule has 0 unspecified atom stereocenters. The molecule has 43 heavy (non-hydrogen) atoms. The Kier molecular flexibility index (Phi) is 11.9. The number of aliphatic hydroxyl groups excluding tert-OH is 1. The Hall–Kier alpha value is -1.55. The Balaban J connectivity index is 1.69. The number of phosphoric acid groups is 1. The van der Waals surface area contributed by atoms with Crippen LogP contribution in [0.1, 0.15) is 60.1 Å². The summed E-state index contributed by atoms with van der Waals surface area (Å²) < 4.78 is 41.8. The number of carbonyl (C=O) groups is 2. The number of nitrogens with one attached hydrogen (secondary N) is 1. The van der Waals surface area contributed by atoms with E-state index in [-0.39, 0.29) is 35.0 Å². The van der Waals surface area contributed by atoms with E-state index in [0.29, 0.717) is 22.5 Å². The zero-order valence-corrected chi connectivity index (χ0v) is 28.3. The van der Waals surface area contributed by atoms with Crippen LogP contribution >= 0.6 is 31.3 Å². The molecular weight excluding hydrogens is 621 g/mol. The van der Waals surface area contributed by atoms with Crippen LogP contribution in [-0.4, -0.2) is 86.6 Å². The van der Waals surface area contributed by atoms with Crippen molar-refractivity contribution in [3.8, 4) is 0 Å². The Morgan fingerprint density at radius 3 is 2.12 bits per heavy atom. The van der Waals surface area contributed by atoms with E-state index in [1.54, 1.807) is 48.6 Å². The number of nitrogens with zero attached hydrogens (tertiary/aromatic N) is 2. The SMILES string of the molecule is CNc1ncnc2c([C@@H]3O[C@H](COP(=O)(OCCSC(=O)C(C)(C)C)OCCSC(=O)C(C)(C)C)[C@@H](O)[C@@]3(C)O)coc12.